The minimum atomic E-state index is 0.795. The van der Waals surface area contributed by atoms with Gasteiger partial charge in [-0.1, -0.05) is 30.3 Å². The lowest BCUT2D eigenvalue weighted by atomic mass is 9.97. The second-order valence-electron chi connectivity index (χ2n) is 5.48. The maximum atomic E-state index is 4.00. The average molecular weight is 276 g/mol. The van der Waals surface area contributed by atoms with E-state index in [-0.39, 0.29) is 0 Å². The highest BCUT2D eigenvalue weighted by atomic mass is 15.5. The Morgan fingerprint density at radius 3 is 2.62 bits per heavy atom. The molecule has 1 aromatic heterocycles. The summed E-state index contributed by atoms with van der Waals surface area (Å²) in [7, 11) is 0. The van der Waals surface area contributed by atoms with Gasteiger partial charge in [0.1, 0.15) is 0 Å². The first-order valence-electron chi connectivity index (χ1n) is 7.29. The third kappa shape index (κ3) is 2.03. The van der Waals surface area contributed by atoms with Crippen molar-refractivity contribution in [3.05, 3.63) is 59.4 Å². The Morgan fingerprint density at radius 2 is 1.86 bits per heavy atom. The van der Waals surface area contributed by atoms with Crippen LogP contribution in [0.15, 0.2) is 42.5 Å². The molecule has 1 aliphatic rings. The molecule has 2 aromatic carbocycles. The molecule has 1 aliphatic carbocycles. The molecule has 0 saturated carbocycles. The fourth-order valence-corrected chi connectivity index (χ4v) is 3.14. The van der Waals surface area contributed by atoms with Crippen molar-refractivity contribution in [3.63, 3.8) is 0 Å². The van der Waals surface area contributed by atoms with Crippen LogP contribution in [0, 0.1) is 6.92 Å². The number of rotatable bonds is 2. The summed E-state index contributed by atoms with van der Waals surface area (Å²) in [6.07, 6.45) is 3.68. The number of nitrogens with zero attached hydrogens (tertiary/aromatic N) is 4. The van der Waals surface area contributed by atoms with E-state index in [2.05, 4.69) is 58.0 Å². The minimum absolute atomic E-state index is 0.795. The van der Waals surface area contributed by atoms with Gasteiger partial charge in [-0.3, -0.25) is 0 Å². The summed E-state index contributed by atoms with van der Waals surface area (Å²) in [6.45, 7) is 1.90. The Balaban J connectivity index is 1.75. The molecule has 0 unspecified atom stereocenters. The van der Waals surface area contributed by atoms with Gasteiger partial charge >= 0.3 is 0 Å². The zero-order chi connectivity index (χ0) is 14.2. The number of fused-ring (bicyclic) bond motifs is 1. The van der Waals surface area contributed by atoms with Crippen LogP contribution in [0.5, 0.6) is 0 Å². The highest BCUT2D eigenvalue weighted by molar-refractivity contribution is 5.70. The smallest absolute Gasteiger partial charge is 0.153 e. The van der Waals surface area contributed by atoms with Crippen molar-refractivity contribution >= 4 is 0 Å². The zero-order valence-corrected chi connectivity index (χ0v) is 12.0. The van der Waals surface area contributed by atoms with Crippen molar-refractivity contribution in [2.24, 2.45) is 0 Å². The molecule has 0 bridgehead atoms. The molecule has 0 saturated heterocycles. The van der Waals surface area contributed by atoms with Crippen molar-refractivity contribution in [1.29, 1.82) is 0 Å². The molecule has 0 spiro atoms. The molecule has 21 heavy (non-hydrogen) atoms. The maximum Gasteiger partial charge on any atom is 0.153 e. The first kappa shape index (κ1) is 12.3. The Hall–Kier alpha value is -2.49. The van der Waals surface area contributed by atoms with Gasteiger partial charge in [-0.2, -0.15) is 4.68 Å². The fourth-order valence-electron chi connectivity index (χ4n) is 3.14. The van der Waals surface area contributed by atoms with Crippen molar-refractivity contribution in [3.8, 4) is 16.8 Å². The van der Waals surface area contributed by atoms with Gasteiger partial charge in [0.2, 0.25) is 0 Å². The number of tetrazole rings is 1. The summed E-state index contributed by atoms with van der Waals surface area (Å²) in [4.78, 5) is 0. The summed E-state index contributed by atoms with van der Waals surface area (Å²) in [6, 6.07) is 15.1. The molecule has 0 atom stereocenters. The quantitative estimate of drug-likeness (QED) is 0.722. The number of benzene rings is 2. The predicted octanol–water partition coefficient (Wildman–Crippen LogP) is 3.13. The monoisotopic (exact) mass is 276 g/mol. The molecule has 0 amide bonds. The van der Waals surface area contributed by atoms with Crippen LogP contribution in [0.2, 0.25) is 0 Å². The molecule has 0 N–H and O–H groups in total. The summed E-state index contributed by atoms with van der Waals surface area (Å²) < 4.78 is 1.75. The summed E-state index contributed by atoms with van der Waals surface area (Å²) in [5.41, 5.74) is 6.65. The van der Waals surface area contributed by atoms with Gasteiger partial charge in [-0.25, -0.2) is 0 Å². The first-order chi connectivity index (χ1) is 10.3. The average Bonchev–Trinajstić information content (AvgIpc) is 3.15. The van der Waals surface area contributed by atoms with Crippen LogP contribution >= 0.6 is 0 Å². The second-order valence-corrected chi connectivity index (χ2v) is 5.48. The van der Waals surface area contributed by atoms with Crippen LogP contribution in [0.1, 0.15) is 23.4 Å². The van der Waals surface area contributed by atoms with Crippen molar-refractivity contribution in [2.75, 3.05) is 0 Å². The van der Waals surface area contributed by atoms with E-state index in [9.17, 15) is 0 Å². The summed E-state index contributed by atoms with van der Waals surface area (Å²) >= 11 is 0. The molecule has 4 rings (SSSR count). The molecular weight excluding hydrogens is 260 g/mol. The zero-order valence-electron chi connectivity index (χ0n) is 12.0. The van der Waals surface area contributed by atoms with Gasteiger partial charge in [0.15, 0.2) is 5.82 Å². The molecule has 0 fully saturated rings. The van der Waals surface area contributed by atoms with Crippen LogP contribution in [0.4, 0.5) is 0 Å². The molecule has 0 aliphatic heterocycles. The second kappa shape index (κ2) is 4.81. The van der Waals surface area contributed by atoms with Crippen molar-refractivity contribution in [2.45, 2.75) is 26.2 Å². The van der Waals surface area contributed by atoms with E-state index in [0.29, 0.717) is 0 Å². The number of aryl methyl sites for hydroxylation is 2. The van der Waals surface area contributed by atoms with Crippen LogP contribution in [-0.2, 0) is 12.8 Å². The lowest BCUT2D eigenvalue weighted by Gasteiger charge is -2.09. The highest BCUT2D eigenvalue weighted by Gasteiger charge is 2.15. The number of hydrogen-bond acceptors (Lipinski definition) is 3. The molecular formula is C17H16N4. The Bertz CT molecular complexity index is 787. The Kier molecular flexibility index (Phi) is 2.81. The molecule has 104 valence electrons. The van der Waals surface area contributed by atoms with E-state index in [1.54, 1.807) is 4.68 Å². The van der Waals surface area contributed by atoms with E-state index in [0.717, 1.165) is 11.5 Å². The molecule has 1 heterocycles. The van der Waals surface area contributed by atoms with Gasteiger partial charge in [0, 0.05) is 0 Å². The van der Waals surface area contributed by atoms with Crippen LogP contribution in [0.3, 0.4) is 0 Å². The SMILES string of the molecule is Cc1nnnn1-c1ccc(-c2cccc3c2CCC3)cc1. The van der Waals surface area contributed by atoms with Gasteiger partial charge in [-0.15, -0.1) is 5.10 Å². The molecule has 4 nitrogen and oxygen atoms in total. The highest BCUT2D eigenvalue weighted by Crippen LogP contribution is 2.32. The number of aromatic nitrogens is 4. The Morgan fingerprint density at radius 1 is 1.00 bits per heavy atom. The summed E-state index contributed by atoms with van der Waals surface area (Å²) in [5, 5.41) is 11.6. The largest absolute Gasteiger partial charge is 0.198 e. The Labute approximate surface area is 123 Å². The van der Waals surface area contributed by atoms with Crippen molar-refractivity contribution in [1.82, 2.24) is 20.2 Å². The summed E-state index contributed by atoms with van der Waals surface area (Å²) in [5.74, 6) is 0.795. The van der Waals surface area contributed by atoms with E-state index in [4.69, 9.17) is 0 Å². The lowest BCUT2D eigenvalue weighted by Crippen LogP contribution is -1.99. The van der Waals surface area contributed by atoms with Gasteiger partial charge < -0.3 is 0 Å². The van der Waals surface area contributed by atoms with Gasteiger partial charge in [0.05, 0.1) is 5.69 Å². The lowest BCUT2D eigenvalue weighted by molar-refractivity contribution is 0.779. The predicted molar refractivity (Wildman–Crippen MR) is 81.4 cm³/mol. The van der Waals surface area contributed by atoms with Crippen molar-refractivity contribution < 1.29 is 0 Å². The van der Waals surface area contributed by atoms with E-state index in [1.165, 1.54) is 41.5 Å². The third-order valence-corrected chi connectivity index (χ3v) is 4.19. The van der Waals surface area contributed by atoms with Crippen LogP contribution in [-0.4, -0.2) is 20.2 Å². The first-order valence-corrected chi connectivity index (χ1v) is 7.29. The van der Waals surface area contributed by atoms with Crippen LogP contribution in [0.25, 0.3) is 16.8 Å². The topological polar surface area (TPSA) is 43.6 Å². The van der Waals surface area contributed by atoms with E-state index in [1.807, 2.05) is 6.92 Å². The maximum absolute atomic E-state index is 4.00. The molecule has 3 aromatic rings. The van der Waals surface area contributed by atoms with Gasteiger partial charge in [0.25, 0.3) is 0 Å². The standard InChI is InChI=1S/C17H16N4/c1-12-18-19-20-21(12)15-10-8-14(9-11-15)17-7-3-5-13-4-2-6-16(13)17/h3,5,7-11H,2,4,6H2,1H3. The van der Waals surface area contributed by atoms with Gasteiger partial charge in [-0.05, 0) is 71.0 Å². The molecule has 4 heteroatoms. The van der Waals surface area contributed by atoms with E-state index >= 15 is 0 Å². The normalized spacial score (nSPS) is 13.4. The minimum Gasteiger partial charge on any atom is -0.198 e. The third-order valence-electron chi connectivity index (χ3n) is 4.19. The van der Waals surface area contributed by atoms with Crippen LogP contribution < -0.4 is 0 Å². The number of hydrogen-bond donors (Lipinski definition) is 0. The molecule has 0 radical (unpaired) electrons. The fraction of sp³-hybridized carbons (Fsp3) is 0.235. The van der Waals surface area contributed by atoms with E-state index < -0.39 is 0 Å².